The molecule has 2 amide bonds. The molecule has 0 fully saturated rings. The summed E-state index contributed by atoms with van der Waals surface area (Å²) in [4.78, 5) is 27.6. The highest BCUT2D eigenvalue weighted by molar-refractivity contribution is 5.98. The zero-order valence-electron chi connectivity index (χ0n) is 19.0. The molecule has 0 unspecified atom stereocenters. The number of benzene rings is 1. The number of nitrogens with one attached hydrogen (secondary N) is 3. The molecule has 0 saturated carbocycles. The van der Waals surface area contributed by atoms with Crippen molar-refractivity contribution in [2.75, 3.05) is 18.0 Å². The van der Waals surface area contributed by atoms with Gasteiger partial charge in [0.2, 0.25) is 5.91 Å². The third-order valence-corrected chi connectivity index (χ3v) is 5.63. The van der Waals surface area contributed by atoms with Gasteiger partial charge in [-0.2, -0.15) is 5.10 Å². The number of fused-ring (bicyclic) bond motifs is 1. The molecule has 7 nitrogen and oxygen atoms in total. The van der Waals surface area contributed by atoms with E-state index in [1.54, 1.807) is 0 Å². The van der Waals surface area contributed by atoms with E-state index in [0.29, 0.717) is 25.2 Å². The summed E-state index contributed by atoms with van der Waals surface area (Å²) in [6.45, 7) is 8.47. The number of carbonyl (C=O) groups is 2. The average Bonchev–Trinajstić information content (AvgIpc) is 3.17. The third-order valence-electron chi connectivity index (χ3n) is 5.63. The SMILES string of the molecule is Cc1cc(CNC(=O)c2ccc3c(c2)CNCCCCCCCN3C(=O)C(C)C)n[nH]1. The predicted octanol–water partition coefficient (Wildman–Crippen LogP) is 3.69. The van der Waals surface area contributed by atoms with Crippen molar-refractivity contribution in [2.24, 2.45) is 5.92 Å². The molecule has 2 aromatic rings. The predicted molar refractivity (Wildman–Crippen MR) is 123 cm³/mol. The number of amides is 2. The summed E-state index contributed by atoms with van der Waals surface area (Å²) >= 11 is 0. The first-order valence-electron chi connectivity index (χ1n) is 11.4. The van der Waals surface area contributed by atoms with Crippen LogP contribution in [0.15, 0.2) is 24.3 Å². The second kappa shape index (κ2) is 11.1. The fourth-order valence-electron chi connectivity index (χ4n) is 3.90. The van der Waals surface area contributed by atoms with Crippen LogP contribution in [0.25, 0.3) is 0 Å². The van der Waals surface area contributed by atoms with Gasteiger partial charge in [0.25, 0.3) is 5.91 Å². The van der Waals surface area contributed by atoms with Crippen LogP contribution in [0.1, 0.15) is 73.3 Å². The first-order valence-corrected chi connectivity index (χ1v) is 11.4. The average molecular weight is 426 g/mol. The van der Waals surface area contributed by atoms with Gasteiger partial charge in [0.1, 0.15) is 0 Å². The fourth-order valence-corrected chi connectivity index (χ4v) is 3.90. The van der Waals surface area contributed by atoms with Crippen LogP contribution in [0.2, 0.25) is 0 Å². The van der Waals surface area contributed by atoms with Gasteiger partial charge in [0.05, 0.1) is 12.2 Å². The first kappa shape index (κ1) is 23.0. The maximum Gasteiger partial charge on any atom is 0.251 e. The molecule has 168 valence electrons. The monoisotopic (exact) mass is 425 g/mol. The molecule has 1 aliphatic heterocycles. The Kier molecular flexibility index (Phi) is 8.23. The second-order valence-corrected chi connectivity index (χ2v) is 8.66. The van der Waals surface area contributed by atoms with E-state index in [4.69, 9.17) is 0 Å². The molecule has 7 heteroatoms. The molecule has 0 spiro atoms. The normalized spacial score (nSPS) is 15.7. The number of aryl methyl sites for hydroxylation is 1. The summed E-state index contributed by atoms with van der Waals surface area (Å²) in [5, 5.41) is 13.5. The first-order chi connectivity index (χ1) is 15.0. The summed E-state index contributed by atoms with van der Waals surface area (Å²) in [6, 6.07) is 7.57. The van der Waals surface area contributed by atoms with Crippen LogP contribution in [0.4, 0.5) is 5.69 Å². The Labute approximate surface area is 185 Å². The van der Waals surface area contributed by atoms with E-state index in [0.717, 1.165) is 48.4 Å². The summed E-state index contributed by atoms with van der Waals surface area (Å²) in [6.07, 6.45) is 5.67. The van der Waals surface area contributed by atoms with E-state index < -0.39 is 0 Å². The van der Waals surface area contributed by atoms with Gasteiger partial charge in [0, 0.05) is 36.0 Å². The van der Waals surface area contributed by atoms with Crippen LogP contribution >= 0.6 is 0 Å². The van der Waals surface area contributed by atoms with Gasteiger partial charge >= 0.3 is 0 Å². The van der Waals surface area contributed by atoms with Crippen molar-refractivity contribution in [3.8, 4) is 0 Å². The van der Waals surface area contributed by atoms with Crippen molar-refractivity contribution < 1.29 is 9.59 Å². The van der Waals surface area contributed by atoms with E-state index in [2.05, 4.69) is 20.8 Å². The van der Waals surface area contributed by atoms with E-state index in [1.807, 2.05) is 49.9 Å². The van der Waals surface area contributed by atoms with Crippen molar-refractivity contribution in [1.82, 2.24) is 20.8 Å². The molecule has 1 aromatic carbocycles. The van der Waals surface area contributed by atoms with E-state index >= 15 is 0 Å². The summed E-state index contributed by atoms with van der Waals surface area (Å²) in [5.41, 5.74) is 4.25. The molecule has 0 aliphatic carbocycles. The Morgan fingerprint density at radius 1 is 1.13 bits per heavy atom. The van der Waals surface area contributed by atoms with Crippen LogP contribution in [0, 0.1) is 12.8 Å². The highest BCUT2D eigenvalue weighted by Crippen LogP contribution is 2.25. The molecule has 3 N–H and O–H groups in total. The second-order valence-electron chi connectivity index (χ2n) is 8.66. The number of aromatic nitrogens is 2. The number of rotatable bonds is 4. The Morgan fingerprint density at radius 3 is 2.65 bits per heavy atom. The molecule has 1 aliphatic rings. The van der Waals surface area contributed by atoms with Crippen LogP contribution < -0.4 is 15.5 Å². The number of hydrogen-bond donors (Lipinski definition) is 3. The van der Waals surface area contributed by atoms with Crippen LogP contribution in [0.5, 0.6) is 0 Å². The zero-order chi connectivity index (χ0) is 22.2. The standard InChI is InChI=1S/C24H35N5O2/c1-17(2)24(31)29-12-8-6-4-5-7-11-25-15-20-14-19(9-10-22(20)29)23(30)26-16-21-13-18(3)27-28-21/h9-10,13-14,17,25H,4-8,11-12,15-16H2,1-3H3,(H,26,30)(H,27,28). The van der Waals surface area contributed by atoms with Crippen molar-refractivity contribution in [2.45, 2.75) is 66.0 Å². The Morgan fingerprint density at radius 2 is 1.90 bits per heavy atom. The number of carbonyl (C=O) groups excluding carboxylic acids is 2. The highest BCUT2D eigenvalue weighted by Gasteiger charge is 2.22. The number of nitrogens with zero attached hydrogens (tertiary/aromatic N) is 2. The molecule has 2 heterocycles. The van der Waals surface area contributed by atoms with Gasteiger partial charge in [-0.1, -0.05) is 33.1 Å². The van der Waals surface area contributed by atoms with E-state index in [1.165, 1.54) is 12.8 Å². The van der Waals surface area contributed by atoms with Gasteiger partial charge in [0.15, 0.2) is 0 Å². The minimum Gasteiger partial charge on any atom is -0.346 e. The third kappa shape index (κ3) is 6.40. The molecule has 31 heavy (non-hydrogen) atoms. The van der Waals surface area contributed by atoms with Gasteiger partial charge in [-0.25, -0.2) is 0 Å². The zero-order valence-corrected chi connectivity index (χ0v) is 19.0. The Bertz CT molecular complexity index is 890. The quantitative estimate of drug-likeness (QED) is 0.697. The molecular weight excluding hydrogens is 390 g/mol. The number of H-pyrrole nitrogens is 1. The van der Waals surface area contributed by atoms with Gasteiger partial charge in [-0.05, 0) is 56.1 Å². The molecule has 0 radical (unpaired) electrons. The summed E-state index contributed by atoms with van der Waals surface area (Å²) in [7, 11) is 0. The van der Waals surface area contributed by atoms with Gasteiger partial charge in [-0.15, -0.1) is 0 Å². The topological polar surface area (TPSA) is 90.1 Å². The molecular formula is C24H35N5O2. The minimum absolute atomic E-state index is 0.0750. The Balaban J connectivity index is 1.83. The Hall–Kier alpha value is -2.67. The van der Waals surface area contributed by atoms with Gasteiger partial charge < -0.3 is 15.5 Å². The summed E-state index contributed by atoms with van der Waals surface area (Å²) in [5.74, 6) is -0.0882. The lowest BCUT2D eigenvalue weighted by Crippen LogP contribution is -2.36. The molecule has 0 bridgehead atoms. The van der Waals surface area contributed by atoms with Crippen LogP contribution in [0.3, 0.4) is 0 Å². The molecule has 0 atom stereocenters. The minimum atomic E-state index is -0.142. The number of aromatic amines is 1. The van der Waals surface area contributed by atoms with Crippen molar-refractivity contribution in [3.05, 3.63) is 46.8 Å². The van der Waals surface area contributed by atoms with E-state index in [-0.39, 0.29) is 17.7 Å². The lowest BCUT2D eigenvalue weighted by atomic mass is 10.0. The highest BCUT2D eigenvalue weighted by atomic mass is 16.2. The molecule has 0 saturated heterocycles. The molecule has 3 rings (SSSR count). The largest absolute Gasteiger partial charge is 0.346 e. The number of anilines is 1. The maximum atomic E-state index is 13.0. The van der Waals surface area contributed by atoms with Crippen molar-refractivity contribution in [1.29, 1.82) is 0 Å². The van der Waals surface area contributed by atoms with Crippen LogP contribution in [-0.2, 0) is 17.9 Å². The molecule has 1 aromatic heterocycles. The van der Waals surface area contributed by atoms with Crippen molar-refractivity contribution in [3.63, 3.8) is 0 Å². The lowest BCUT2D eigenvalue weighted by Gasteiger charge is -2.28. The van der Waals surface area contributed by atoms with Gasteiger partial charge in [-0.3, -0.25) is 14.7 Å². The summed E-state index contributed by atoms with van der Waals surface area (Å²) < 4.78 is 0. The fraction of sp³-hybridized carbons (Fsp3) is 0.542. The maximum absolute atomic E-state index is 13.0. The van der Waals surface area contributed by atoms with Crippen LogP contribution in [-0.4, -0.2) is 35.1 Å². The lowest BCUT2D eigenvalue weighted by molar-refractivity contribution is -0.121. The van der Waals surface area contributed by atoms with Crippen molar-refractivity contribution >= 4 is 17.5 Å². The smallest absolute Gasteiger partial charge is 0.251 e. The van der Waals surface area contributed by atoms with E-state index in [9.17, 15) is 9.59 Å². The number of hydrogen-bond acceptors (Lipinski definition) is 4.